The molecule has 2 heteroatoms. The van der Waals surface area contributed by atoms with Crippen LogP contribution in [0, 0.1) is 6.92 Å². The summed E-state index contributed by atoms with van der Waals surface area (Å²) < 4.78 is 0. The van der Waals surface area contributed by atoms with Gasteiger partial charge in [0.25, 0.3) is 0 Å². The summed E-state index contributed by atoms with van der Waals surface area (Å²) in [4.78, 5) is 4.83. The highest BCUT2D eigenvalue weighted by Crippen LogP contribution is 2.47. The second-order valence-electron chi connectivity index (χ2n) is 5.98. The Bertz CT molecular complexity index is 826. The minimum absolute atomic E-state index is 0.232. The summed E-state index contributed by atoms with van der Waals surface area (Å²) in [7, 11) is 0. The zero-order valence-corrected chi connectivity index (χ0v) is 13.5. The smallest absolute Gasteiger partial charge is 0.108 e. The van der Waals surface area contributed by atoms with Gasteiger partial charge in [-0.25, -0.2) is 0 Å². The maximum absolute atomic E-state index is 2.43. The maximum Gasteiger partial charge on any atom is 0.108 e. The van der Waals surface area contributed by atoms with E-state index in [0.29, 0.717) is 0 Å². The zero-order chi connectivity index (χ0) is 15.8. The first-order valence-corrected chi connectivity index (χ1v) is 8.05. The van der Waals surface area contributed by atoms with Crippen LogP contribution in [0.3, 0.4) is 0 Å². The molecule has 0 N–H and O–H groups in total. The van der Waals surface area contributed by atoms with Crippen LogP contribution in [-0.4, -0.2) is 6.17 Å². The van der Waals surface area contributed by atoms with Gasteiger partial charge >= 0.3 is 0 Å². The van der Waals surface area contributed by atoms with Gasteiger partial charge < -0.3 is 9.80 Å². The fraction of sp³-hybridized carbons (Fsp3) is 0.143. The molecule has 0 aromatic heterocycles. The number of rotatable bonds is 2. The SMILES string of the molecule is Cc1ccccc1N1c2ccccc2N(c2ccccc2)[C@H]1C. The number of fused-ring (bicyclic) bond motifs is 1. The average Bonchev–Trinajstić information content (AvgIpc) is 2.88. The van der Waals surface area contributed by atoms with Crippen LogP contribution in [0.15, 0.2) is 78.9 Å². The summed E-state index contributed by atoms with van der Waals surface area (Å²) in [6.07, 6.45) is 0.232. The lowest BCUT2D eigenvalue weighted by Crippen LogP contribution is -2.35. The second-order valence-corrected chi connectivity index (χ2v) is 5.98. The Morgan fingerprint density at radius 1 is 0.609 bits per heavy atom. The topological polar surface area (TPSA) is 6.48 Å². The number of aryl methyl sites for hydroxylation is 1. The number of nitrogens with zero attached hydrogens (tertiary/aromatic N) is 2. The monoisotopic (exact) mass is 300 g/mol. The summed E-state index contributed by atoms with van der Waals surface area (Å²) in [5, 5.41) is 0. The molecule has 114 valence electrons. The van der Waals surface area contributed by atoms with Gasteiger partial charge in [-0.3, -0.25) is 0 Å². The molecule has 0 saturated heterocycles. The summed E-state index contributed by atoms with van der Waals surface area (Å²) in [5.74, 6) is 0. The molecule has 0 aliphatic carbocycles. The van der Waals surface area contributed by atoms with Crippen LogP contribution in [0.2, 0.25) is 0 Å². The van der Waals surface area contributed by atoms with Crippen LogP contribution in [0.5, 0.6) is 0 Å². The van der Waals surface area contributed by atoms with Crippen LogP contribution in [-0.2, 0) is 0 Å². The highest BCUT2D eigenvalue weighted by Gasteiger charge is 2.34. The number of benzene rings is 3. The Hall–Kier alpha value is -2.74. The van der Waals surface area contributed by atoms with E-state index in [1.165, 1.54) is 28.3 Å². The molecule has 0 radical (unpaired) electrons. The van der Waals surface area contributed by atoms with E-state index in [9.17, 15) is 0 Å². The molecule has 23 heavy (non-hydrogen) atoms. The molecule has 1 aliphatic heterocycles. The molecule has 0 amide bonds. The van der Waals surface area contributed by atoms with Crippen LogP contribution in [0.25, 0.3) is 0 Å². The molecular formula is C21H20N2. The van der Waals surface area contributed by atoms with Crippen molar-refractivity contribution in [3.63, 3.8) is 0 Å². The summed E-state index contributed by atoms with van der Waals surface area (Å²) in [5.41, 5.74) is 6.31. The molecule has 3 aromatic carbocycles. The van der Waals surface area contributed by atoms with Crippen molar-refractivity contribution in [2.24, 2.45) is 0 Å². The third-order valence-corrected chi connectivity index (χ3v) is 4.56. The van der Waals surface area contributed by atoms with Gasteiger partial charge in [-0.05, 0) is 49.7 Å². The predicted octanol–water partition coefficient (Wildman–Crippen LogP) is 5.63. The van der Waals surface area contributed by atoms with Crippen molar-refractivity contribution in [1.82, 2.24) is 0 Å². The average molecular weight is 300 g/mol. The van der Waals surface area contributed by atoms with E-state index in [1.807, 2.05) is 0 Å². The minimum Gasteiger partial charge on any atom is -0.319 e. The van der Waals surface area contributed by atoms with Crippen LogP contribution < -0.4 is 9.80 Å². The first-order chi connectivity index (χ1) is 11.3. The summed E-state index contributed by atoms with van der Waals surface area (Å²) >= 11 is 0. The van der Waals surface area contributed by atoms with Gasteiger partial charge in [0.05, 0.1) is 11.4 Å². The van der Waals surface area contributed by atoms with Crippen molar-refractivity contribution in [3.8, 4) is 0 Å². The van der Waals surface area contributed by atoms with E-state index in [-0.39, 0.29) is 6.17 Å². The summed E-state index contributed by atoms with van der Waals surface area (Å²) in [6, 6.07) is 27.9. The summed E-state index contributed by atoms with van der Waals surface area (Å²) in [6.45, 7) is 4.44. The molecule has 0 fully saturated rings. The quantitative estimate of drug-likeness (QED) is 0.605. The van der Waals surface area contributed by atoms with Gasteiger partial charge in [-0.15, -0.1) is 0 Å². The molecular weight excluding hydrogens is 280 g/mol. The normalized spacial score (nSPS) is 16.5. The number of anilines is 4. The molecule has 4 rings (SSSR count). The first kappa shape index (κ1) is 13.9. The highest BCUT2D eigenvalue weighted by atomic mass is 15.4. The molecule has 1 aliphatic rings. The Morgan fingerprint density at radius 3 is 1.78 bits per heavy atom. The Morgan fingerprint density at radius 2 is 1.13 bits per heavy atom. The van der Waals surface area contributed by atoms with E-state index in [4.69, 9.17) is 0 Å². The van der Waals surface area contributed by atoms with Crippen molar-refractivity contribution in [2.45, 2.75) is 20.0 Å². The van der Waals surface area contributed by atoms with Gasteiger partial charge in [0.2, 0.25) is 0 Å². The van der Waals surface area contributed by atoms with Crippen molar-refractivity contribution >= 4 is 22.7 Å². The molecule has 0 saturated carbocycles. The predicted molar refractivity (Wildman–Crippen MR) is 97.8 cm³/mol. The second kappa shape index (κ2) is 5.47. The third-order valence-electron chi connectivity index (χ3n) is 4.56. The van der Waals surface area contributed by atoms with E-state index in [1.54, 1.807) is 0 Å². The maximum atomic E-state index is 2.43. The minimum atomic E-state index is 0.232. The standard InChI is InChI=1S/C21H20N2/c1-16-10-6-7-13-19(16)23-17(2)22(18-11-4-3-5-12-18)20-14-8-9-15-21(20)23/h3-15,17H,1-2H3/t17-/m1/s1. The number of para-hydroxylation sites is 4. The fourth-order valence-corrected chi connectivity index (χ4v) is 3.50. The van der Waals surface area contributed by atoms with Gasteiger partial charge in [0, 0.05) is 11.4 Å². The Balaban J connectivity index is 1.89. The van der Waals surface area contributed by atoms with Gasteiger partial charge in [0.1, 0.15) is 6.17 Å². The van der Waals surface area contributed by atoms with Gasteiger partial charge in [0.15, 0.2) is 0 Å². The van der Waals surface area contributed by atoms with Gasteiger partial charge in [-0.2, -0.15) is 0 Å². The van der Waals surface area contributed by atoms with E-state index in [2.05, 4.69) is 103 Å². The largest absolute Gasteiger partial charge is 0.319 e. The Kier molecular flexibility index (Phi) is 3.30. The van der Waals surface area contributed by atoms with Crippen molar-refractivity contribution in [3.05, 3.63) is 84.4 Å². The van der Waals surface area contributed by atoms with E-state index >= 15 is 0 Å². The lowest BCUT2D eigenvalue weighted by molar-refractivity contribution is 0.759. The number of hydrogen-bond donors (Lipinski definition) is 0. The lowest BCUT2D eigenvalue weighted by Gasteiger charge is -2.31. The molecule has 0 unspecified atom stereocenters. The molecule has 1 atom stereocenters. The van der Waals surface area contributed by atoms with Crippen molar-refractivity contribution in [2.75, 3.05) is 9.80 Å². The van der Waals surface area contributed by atoms with E-state index < -0.39 is 0 Å². The van der Waals surface area contributed by atoms with Crippen LogP contribution >= 0.6 is 0 Å². The third kappa shape index (κ3) is 2.18. The van der Waals surface area contributed by atoms with Gasteiger partial charge in [-0.1, -0.05) is 48.5 Å². The van der Waals surface area contributed by atoms with Crippen molar-refractivity contribution < 1.29 is 0 Å². The highest BCUT2D eigenvalue weighted by molar-refractivity contribution is 5.88. The molecule has 1 heterocycles. The zero-order valence-electron chi connectivity index (χ0n) is 13.5. The van der Waals surface area contributed by atoms with Crippen LogP contribution in [0.4, 0.5) is 22.7 Å². The van der Waals surface area contributed by atoms with E-state index in [0.717, 1.165) is 0 Å². The molecule has 2 nitrogen and oxygen atoms in total. The first-order valence-electron chi connectivity index (χ1n) is 8.05. The number of hydrogen-bond acceptors (Lipinski definition) is 2. The fourth-order valence-electron chi connectivity index (χ4n) is 3.50. The lowest BCUT2D eigenvalue weighted by atomic mass is 10.1. The van der Waals surface area contributed by atoms with Crippen LogP contribution in [0.1, 0.15) is 12.5 Å². The molecule has 0 bridgehead atoms. The molecule has 0 spiro atoms. The Labute approximate surface area is 137 Å². The molecule has 3 aromatic rings. The van der Waals surface area contributed by atoms with Crippen molar-refractivity contribution in [1.29, 1.82) is 0 Å².